The number of hydrogen-bond donors (Lipinski definition) is 1. The number of benzene rings is 1. The predicted molar refractivity (Wildman–Crippen MR) is 45.1 cm³/mol. The van der Waals surface area contributed by atoms with Gasteiger partial charge in [-0.15, -0.1) is 0 Å². The zero-order valence-electron chi connectivity index (χ0n) is 6.10. The SMILES string of the molecule is Oc1cc(Cl)c2c(c1)CCC2. The minimum absolute atomic E-state index is 0.288. The van der Waals surface area contributed by atoms with Crippen LogP contribution in [0.3, 0.4) is 0 Å². The van der Waals surface area contributed by atoms with Gasteiger partial charge in [0.05, 0.1) is 0 Å². The smallest absolute Gasteiger partial charge is 0.117 e. The molecular formula is C9H9ClO. The molecule has 1 aliphatic rings. The molecule has 0 fully saturated rings. The maximum absolute atomic E-state index is 9.19. The van der Waals surface area contributed by atoms with Crippen LogP contribution >= 0.6 is 11.6 Å². The molecule has 58 valence electrons. The number of halogens is 1. The van der Waals surface area contributed by atoms with E-state index in [0.717, 1.165) is 17.9 Å². The Labute approximate surface area is 70.6 Å². The summed E-state index contributed by atoms with van der Waals surface area (Å²) in [7, 11) is 0. The Kier molecular flexibility index (Phi) is 1.53. The molecule has 2 rings (SSSR count). The minimum atomic E-state index is 0.288. The van der Waals surface area contributed by atoms with Crippen LogP contribution in [0, 0.1) is 0 Å². The van der Waals surface area contributed by atoms with E-state index in [-0.39, 0.29) is 5.75 Å². The first-order valence-electron chi connectivity index (χ1n) is 3.77. The summed E-state index contributed by atoms with van der Waals surface area (Å²) in [5.74, 6) is 0.288. The number of phenolic OH excluding ortho intramolecular Hbond substituents is 1. The maximum Gasteiger partial charge on any atom is 0.117 e. The lowest BCUT2D eigenvalue weighted by molar-refractivity contribution is 0.474. The fourth-order valence-corrected chi connectivity index (χ4v) is 1.96. The van der Waals surface area contributed by atoms with E-state index in [2.05, 4.69) is 0 Å². The van der Waals surface area contributed by atoms with E-state index < -0.39 is 0 Å². The van der Waals surface area contributed by atoms with Gasteiger partial charge in [0.1, 0.15) is 5.75 Å². The van der Waals surface area contributed by atoms with Crippen molar-refractivity contribution in [3.05, 3.63) is 28.3 Å². The molecule has 1 aromatic rings. The Morgan fingerprint density at radius 3 is 2.91 bits per heavy atom. The maximum atomic E-state index is 9.19. The third kappa shape index (κ3) is 1.10. The fourth-order valence-electron chi connectivity index (χ4n) is 1.64. The number of hydrogen-bond acceptors (Lipinski definition) is 1. The van der Waals surface area contributed by atoms with Crippen LogP contribution in [0.1, 0.15) is 17.5 Å². The van der Waals surface area contributed by atoms with Crippen LogP contribution < -0.4 is 0 Å². The average molecular weight is 169 g/mol. The van der Waals surface area contributed by atoms with Crippen molar-refractivity contribution in [1.29, 1.82) is 0 Å². The van der Waals surface area contributed by atoms with Crippen LogP contribution in [-0.2, 0) is 12.8 Å². The second kappa shape index (κ2) is 2.42. The molecule has 0 aliphatic heterocycles. The molecule has 0 heterocycles. The molecule has 0 unspecified atom stereocenters. The van der Waals surface area contributed by atoms with Crippen LogP contribution in [0.4, 0.5) is 0 Å². The molecule has 1 nitrogen and oxygen atoms in total. The molecule has 0 saturated carbocycles. The van der Waals surface area contributed by atoms with E-state index in [4.69, 9.17) is 11.6 Å². The van der Waals surface area contributed by atoms with Gasteiger partial charge in [0.15, 0.2) is 0 Å². The summed E-state index contributed by atoms with van der Waals surface area (Å²) < 4.78 is 0. The molecule has 0 spiro atoms. The third-order valence-corrected chi connectivity index (χ3v) is 2.48. The van der Waals surface area contributed by atoms with Gasteiger partial charge in [-0.05, 0) is 42.5 Å². The van der Waals surface area contributed by atoms with Crippen molar-refractivity contribution in [1.82, 2.24) is 0 Å². The highest BCUT2D eigenvalue weighted by Crippen LogP contribution is 2.32. The van der Waals surface area contributed by atoms with Gasteiger partial charge in [-0.25, -0.2) is 0 Å². The predicted octanol–water partition coefficient (Wildman–Crippen LogP) is 2.53. The molecule has 1 aliphatic carbocycles. The second-order valence-corrected chi connectivity index (χ2v) is 3.33. The van der Waals surface area contributed by atoms with Gasteiger partial charge in [-0.3, -0.25) is 0 Å². The van der Waals surface area contributed by atoms with Crippen molar-refractivity contribution in [3.63, 3.8) is 0 Å². The van der Waals surface area contributed by atoms with Gasteiger partial charge in [-0.1, -0.05) is 11.6 Å². The van der Waals surface area contributed by atoms with Crippen molar-refractivity contribution in [3.8, 4) is 5.75 Å². The molecule has 0 radical (unpaired) electrons. The van der Waals surface area contributed by atoms with Gasteiger partial charge in [0.25, 0.3) is 0 Å². The van der Waals surface area contributed by atoms with Crippen LogP contribution in [0.15, 0.2) is 12.1 Å². The number of rotatable bonds is 0. The Balaban J connectivity index is 2.60. The average Bonchev–Trinajstić information content (AvgIpc) is 2.34. The highest BCUT2D eigenvalue weighted by molar-refractivity contribution is 6.31. The lowest BCUT2D eigenvalue weighted by Crippen LogP contribution is -1.82. The first-order valence-corrected chi connectivity index (χ1v) is 4.15. The Hall–Kier alpha value is -0.690. The van der Waals surface area contributed by atoms with Crippen molar-refractivity contribution >= 4 is 11.6 Å². The summed E-state index contributed by atoms with van der Waals surface area (Å²) in [6.45, 7) is 0. The second-order valence-electron chi connectivity index (χ2n) is 2.92. The Morgan fingerprint density at radius 2 is 2.09 bits per heavy atom. The highest BCUT2D eigenvalue weighted by Gasteiger charge is 2.14. The molecular weight excluding hydrogens is 160 g/mol. The van der Waals surface area contributed by atoms with Crippen LogP contribution in [-0.4, -0.2) is 5.11 Å². The van der Waals surface area contributed by atoms with Gasteiger partial charge < -0.3 is 5.11 Å². The number of aromatic hydroxyl groups is 1. The first kappa shape index (κ1) is 6.99. The van der Waals surface area contributed by atoms with Crippen molar-refractivity contribution in [2.75, 3.05) is 0 Å². The van der Waals surface area contributed by atoms with Crippen LogP contribution in [0.2, 0.25) is 5.02 Å². The molecule has 2 heteroatoms. The molecule has 0 saturated heterocycles. The van der Waals surface area contributed by atoms with Crippen molar-refractivity contribution < 1.29 is 5.11 Å². The molecule has 1 aromatic carbocycles. The van der Waals surface area contributed by atoms with E-state index in [0.29, 0.717) is 0 Å². The first-order chi connectivity index (χ1) is 5.27. The molecule has 0 aromatic heterocycles. The van der Waals surface area contributed by atoms with Crippen LogP contribution in [0.5, 0.6) is 5.75 Å². The number of phenols is 1. The standard InChI is InChI=1S/C9H9ClO/c10-9-5-7(11)4-6-2-1-3-8(6)9/h4-5,11H,1-3H2. The van der Waals surface area contributed by atoms with Gasteiger partial charge in [0.2, 0.25) is 0 Å². The zero-order valence-corrected chi connectivity index (χ0v) is 6.86. The van der Waals surface area contributed by atoms with Crippen LogP contribution in [0.25, 0.3) is 0 Å². The van der Waals surface area contributed by atoms with E-state index in [1.165, 1.54) is 17.5 Å². The van der Waals surface area contributed by atoms with E-state index in [1.807, 2.05) is 6.07 Å². The largest absolute Gasteiger partial charge is 0.508 e. The van der Waals surface area contributed by atoms with E-state index in [9.17, 15) is 5.11 Å². The lowest BCUT2D eigenvalue weighted by Gasteiger charge is -2.01. The van der Waals surface area contributed by atoms with Crippen molar-refractivity contribution in [2.45, 2.75) is 19.3 Å². The molecule has 1 N–H and O–H groups in total. The third-order valence-electron chi connectivity index (χ3n) is 2.15. The summed E-state index contributed by atoms with van der Waals surface area (Å²) in [6, 6.07) is 3.43. The summed E-state index contributed by atoms with van der Waals surface area (Å²) >= 11 is 5.91. The summed E-state index contributed by atoms with van der Waals surface area (Å²) in [5.41, 5.74) is 2.44. The zero-order chi connectivity index (χ0) is 7.84. The summed E-state index contributed by atoms with van der Waals surface area (Å²) in [4.78, 5) is 0. The normalized spacial score (nSPS) is 15.0. The molecule has 0 amide bonds. The monoisotopic (exact) mass is 168 g/mol. The molecule has 0 atom stereocenters. The van der Waals surface area contributed by atoms with Gasteiger partial charge in [0, 0.05) is 5.02 Å². The highest BCUT2D eigenvalue weighted by atomic mass is 35.5. The van der Waals surface area contributed by atoms with Gasteiger partial charge >= 0.3 is 0 Å². The van der Waals surface area contributed by atoms with Gasteiger partial charge in [-0.2, -0.15) is 0 Å². The minimum Gasteiger partial charge on any atom is -0.508 e. The van der Waals surface area contributed by atoms with Crippen molar-refractivity contribution in [2.24, 2.45) is 0 Å². The fraction of sp³-hybridized carbons (Fsp3) is 0.333. The Bertz CT molecular complexity index is 294. The quantitative estimate of drug-likeness (QED) is 0.631. The van der Waals surface area contributed by atoms with E-state index >= 15 is 0 Å². The number of fused-ring (bicyclic) bond motifs is 1. The topological polar surface area (TPSA) is 20.2 Å². The summed E-state index contributed by atoms with van der Waals surface area (Å²) in [5, 5.41) is 9.91. The molecule has 0 bridgehead atoms. The molecule has 11 heavy (non-hydrogen) atoms. The number of aryl methyl sites for hydroxylation is 1. The Morgan fingerprint density at radius 1 is 1.27 bits per heavy atom. The summed E-state index contributed by atoms with van der Waals surface area (Å²) in [6.07, 6.45) is 3.29. The van der Waals surface area contributed by atoms with E-state index in [1.54, 1.807) is 6.07 Å². The lowest BCUT2D eigenvalue weighted by atomic mass is 10.1.